The van der Waals surface area contributed by atoms with Gasteiger partial charge in [-0.1, -0.05) is 39.8 Å². The molecule has 0 amide bonds. The average Bonchev–Trinajstić information content (AvgIpc) is 3.24. The van der Waals surface area contributed by atoms with E-state index >= 15 is 0 Å². The Morgan fingerprint density at radius 2 is 1.87 bits per heavy atom. The fourth-order valence-corrected chi connectivity index (χ4v) is 4.89. The van der Waals surface area contributed by atoms with Crippen LogP contribution in [0.2, 0.25) is 0 Å². The average molecular weight is 425 g/mol. The van der Waals surface area contributed by atoms with Gasteiger partial charge in [-0.25, -0.2) is 9.97 Å². The van der Waals surface area contributed by atoms with Crippen molar-refractivity contribution >= 4 is 5.82 Å². The Labute approximate surface area is 185 Å². The molecule has 2 aliphatic rings. The van der Waals surface area contributed by atoms with Crippen LogP contribution in [0.4, 0.5) is 5.82 Å². The van der Waals surface area contributed by atoms with Gasteiger partial charge in [0.05, 0.1) is 12.7 Å². The molecule has 168 valence electrons. The van der Waals surface area contributed by atoms with Crippen molar-refractivity contribution in [3.8, 4) is 11.4 Å². The predicted molar refractivity (Wildman–Crippen MR) is 124 cm³/mol. The first-order chi connectivity index (χ1) is 14.7. The Kier molecular flexibility index (Phi) is 6.08. The van der Waals surface area contributed by atoms with Crippen molar-refractivity contribution in [2.45, 2.75) is 69.9 Å². The highest BCUT2D eigenvalue weighted by Gasteiger charge is 2.37. The molecule has 1 saturated heterocycles. The standard InChI is InChI=1S/C25H36N4O2/c1-24(2)9-10-25(3,4)21-13-17(5-6-20(21)24)23-26-11-7-22(28-23)29-12-8-18(15-29)27-14-19(31)16-30/h5-7,11,13,18-19,27,30-31H,8-10,12,14-16H2,1-4H3/t18-,19+/m1/s1. The summed E-state index contributed by atoms with van der Waals surface area (Å²) >= 11 is 0. The lowest BCUT2D eigenvalue weighted by Gasteiger charge is -2.42. The smallest absolute Gasteiger partial charge is 0.161 e. The summed E-state index contributed by atoms with van der Waals surface area (Å²) in [5.74, 6) is 1.71. The van der Waals surface area contributed by atoms with E-state index in [4.69, 9.17) is 10.1 Å². The molecule has 3 N–H and O–H groups in total. The van der Waals surface area contributed by atoms with E-state index < -0.39 is 6.10 Å². The molecule has 1 aliphatic heterocycles. The normalized spacial score (nSPS) is 22.9. The lowest BCUT2D eigenvalue weighted by Crippen LogP contribution is -2.38. The second-order valence-corrected chi connectivity index (χ2v) is 10.4. The van der Waals surface area contributed by atoms with Gasteiger partial charge in [0, 0.05) is 37.4 Å². The molecule has 31 heavy (non-hydrogen) atoms. The highest BCUT2D eigenvalue weighted by Crippen LogP contribution is 2.46. The van der Waals surface area contributed by atoms with Gasteiger partial charge >= 0.3 is 0 Å². The number of rotatable bonds is 6. The number of aliphatic hydroxyl groups excluding tert-OH is 2. The molecule has 0 saturated carbocycles. The molecular weight excluding hydrogens is 388 g/mol. The number of aliphatic hydroxyl groups is 2. The van der Waals surface area contributed by atoms with Crippen LogP contribution in [-0.2, 0) is 10.8 Å². The van der Waals surface area contributed by atoms with Crippen LogP contribution >= 0.6 is 0 Å². The monoisotopic (exact) mass is 424 g/mol. The second-order valence-electron chi connectivity index (χ2n) is 10.4. The number of hydrogen-bond donors (Lipinski definition) is 3. The van der Waals surface area contributed by atoms with Gasteiger partial charge in [-0.05, 0) is 53.4 Å². The van der Waals surface area contributed by atoms with Crippen molar-refractivity contribution in [1.82, 2.24) is 15.3 Å². The van der Waals surface area contributed by atoms with Crippen molar-refractivity contribution in [2.24, 2.45) is 0 Å². The molecule has 4 rings (SSSR count). The Hall–Kier alpha value is -2.02. The van der Waals surface area contributed by atoms with E-state index in [-0.39, 0.29) is 23.5 Å². The van der Waals surface area contributed by atoms with Crippen LogP contribution in [0.25, 0.3) is 11.4 Å². The first kappa shape index (κ1) is 22.2. The molecular formula is C25H36N4O2. The van der Waals surface area contributed by atoms with Gasteiger partial charge in [0.2, 0.25) is 0 Å². The van der Waals surface area contributed by atoms with E-state index in [1.54, 1.807) is 0 Å². The molecule has 1 aromatic heterocycles. The molecule has 2 heterocycles. The van der Waals surface area contributed by atoms with Crippen LogP contribution in [0, 0.1) is 0 Å². The van der Waals surface area contributed by atoms with Gasteiger partial charge in [-0.2, -0.15) is 0 Å². The van der Waals surface area contributed by atoms with Gasteiger partial charge in [-0.3, -0.25) is 0 Å². The van der Waals surface area contributed by atoms with Gasteiger partial charge < -0.3 is 20.4 Å². The fourth-order valence-electron chi connectivity index (χ4n) is 4.89. The third-order valence-electron chi connectivity index (χ3n) is 7.12. The Morgan fingerprint density at radius 1 is 1.13 bits per heavy atom. The van der Waals surface area contributed by atoms with Crippen LogP contribution < -0.4 is 10.2 Å². The summed E-state index contributed by atoms with van der Waals surface area (Å²) in [5, 5.41) is 21.9. The maximum atomic E-state index is 9.57. The fraction of sp³-hybridized carbons (Fsp3) is 0.600. The Bertz CT molecular complexity index is 927. The highest BCUT2D eigenvalue weighted by atomic mass is 16.3. The third-order valence-corrected chi connectivity index (χ3v) is 7.12. The molecule has 1 aromatic carbocycles. The molecule has 1 fully saturated rings. The lowest BCUT2D eigenvalue weighted by molar-refractivity contribution is 0.0924. The van der Waals surface area contributed by atoms with Gasteiger partial charge in [0.15, 0.2) is 5.82 Å². The summed E-state index contributed by atoms with van der Waals surface area (Å²) in [4.78, 5) is 11.8. The first-order valence-electron chi connectivity index (χ1n) is 11.5. The van der Waals surface area contributed by atoms with Crippen LogP contribution in [-0.4, -0.2) is 58.6 Å². The number of hydrogen-bond acceptors (Lipinski definition) is 6. The number of aromatic nitrogens is 2. The van der Waals surface area contributed by atoms with Gasteiger partial charge in [-0.15, -0.1) is 0 Å². The van der Waals surface area contributed by atoms with E-state index in [1.165, 1.54) is 24.0 Å². The summed E-state index contributed by atoms with van der Waals surface area (Å²) < 4.78 is 0. The summed E-state index contributed by atoms with van der Waals surface area (Å²) in [6, 6.07) is 9.02. The number of benzene rings is 1. The zero-order valence-corrected chi connectivity index (χ0v) is 19.2. The molecule has 0 radical (unpaired) electrons. The van der Waals surface area contributed by atoms with Gasteiger partial charge in [0.1, 0.15) is 5.82 Å². The van der Waals surface area contributed by atoms with E-state index in [9.17, 15) is 5.11 Å². The maximum absolute atomic E-state index is 9.57. The molecule has 1 aliphatic carbocycles. The maximum Gasteiger partial charge on any atom is 0.161 e. The van der Waals surface area contributed by atoms with Crippen molar-refractivity contribution in [1.29, 1.82) is 0 Å². The Balaban J connectivity index is 1.54. The minimum absolute atomic E-state index is 0.158. The minimum atomic E-state index is -0.710. The van der Waals surface area contributed by atoms with Crippen LogP contribution in [0.1, 0.15) is 58.1 Å². The van der Waals surface area contributed by atoms with Crippen molar-refractivity contribution < 1.29 is 10.2 Å². The predicted octanol–water partition coefficient (Wildman–Crippen LogP) is 3.01. The molecule has 2 atom stereocenters. The Morgan fingerprint density at radius 3 is 2.61 bits per heavy atom. The third kappa shape index (κ3) is 4.61. The van der Waals surface area contributed by atoms with Gasteiger partial charge in [0.25, 0.3) is 0 Å². The largest absolute Gasteiger partial charge is 0.394 e. The molecule has 0 bridgehead atoms. The second kappa shape index (κ2) is 8.49. The zero-order chi connectivity index (χ0) is 22.2. The van der Waals surface area contributed by atoms with E-state index in [2.05, 4.69) is 61.1 Å². The number of nitrogens with zero attached hydrogens (tertiary/aromatic N) is 3. The molecule has 2 aromatic rings. The number of anilines is 1. The van der Waals surface area contributed by atoms with Crippen molar-refractivity contribution in [3.63, 3.8) is 0 Å². The van der Waals surface area contributed by atoms with Crippen LogP contribution in [0.3, 0.4) is 0 Å². The summed E-state index contributed by atoms with van der Waals surface area (Å²) in [6.07, 6.45) is 4.52. The molecule has 6 heteroatoms. The SMILES string of the molecule is CC1(C)CCC(C)(C)c2cc(-c3nccc(N4CC[C@@H](NC[C@H](O)CO)C4)n3)ccc21. The van der Waals surface area contributed by atoms with E-state index in [0.717, 1.165) is 36.7 Å². The summed E-state index contributed by atoms with van der Waals surface area (Å²) in [7, 11) is 0. The summed E-state index contributed by atoms with van der Waals surface area (Å²) in [6.45, 7) is 11.3. The first-order valence-corrected chi connectivity index (χ1v) is 11.5. The quantitative estimate of drug-likeness (QED) is 0.661. The van der Waals surface area contributed by atoms with Crippen molar-refractivity contribution in [2.75, 3.05) is 31.1 Å². The molecule has 6 nitrogen and oxygen atoms in total. The van der Waals surface area contributed by atoms with Crippen LogP contribution in [0.15, 0.2) is 30.5 Å². The molecule has 0 unspecified atom stereocenters. The minimum Gasteiger partial charge on any atom is -0.394 e. The van der Waals surface area contributed by atoms with E-state index in [0.29, 0.717) is 6.54 Å². The number of nitrogens with one attached hydrogen (secondary N) is 1. The topological polar surface area (TPSA) is 81.5 Å². The van der Waals surface area contributed by atoms with Crippen molar-refractivity contribution in [3.05, 3.63) is 41.6 Å². The zero-order valence-electron chi connectivity index (χ0n) is 19.2. The summed E-state index contributed by atoms with van der Waals surface area (Å²) in [5.41, 5.74) is 4.30. The number of fused-ring (bicyclic) bond motifs is 1. The van der Waals surface area contributed by atoms with Crippen LogP contribution in [0.5, 0.6) is 0 Å². The lowest BCUT2D eigenvalue weighted by atomic mass is 9.63. The highest BCUT2D eigenvalue weighted by molar-refractivity contribution is 5.61. The molecule has 0 spiro atoms. The van der Waals surface area contributed by atoms with E-state index in [1.807, 2.05) is 12.3 Å².